The number of primary amides is 1. The minimum absolute atomic E-state index is 0.0107. The lowest BCUT2D eigenvalue weighted by Crippen LogP contribution is -2.44. The topological polar surface area (TPSA) is 105 Å². The average molecular weight is 498 g/mol. The van der Waals surface area contributed by atoms with Gasteiger partial charge in [0.25, 0.3) is 0 Å². The molecule has 0 aliphatic carbocycles. The number of pyridine rings is 1. The molecule has 0 saturated carbocycles. The standard InChI is InChI=1S/C26H26F3N5O2/c1-14-19(22-17(11-30)5-4-6-18(22)23(31)35)12-32-24-21(14)20(13-33(24)3)16-7-9-34(10-8-16)25(36)15(2)26(27,28)29/h4-6,12-13,15-16H,7-10H2,1-3H3,(H2,31,35)/t15-/m1/s1. The quantitative estimate of drug-likeness (QED) is 0.576. The fourth-order valence-corrected chi connectivity index (χ4v) is 5.06. The molecule has 3 heterocycles. The van der Waals surface area contributed by atoms with Crippen molar-refractivity contribution >= 4 is 22.8 Å². The number of piperidine rings is 1. The first kappa shape index (κ1) is 25.2. The highest BCUT2D eigenvalue weighted by Gasteiger charge is 2.43. The van der Waals surface area contributed by atoms with Crippen LogP contribution in [0.5, 0.6) is 0 Å². The van der Waals surface area contributed by atoms with Gasteiger partial charge in [0.05, 0.1) is 11.6 Å². The highest BCUT2D eigenvalue weighted by molar-refractivity contribution is 6.03. The Hall–Kier alpha value is -3.87. The second-order valence-electron chi connectivity index (χ2n) is 9.26. The number of nitrogens with zero attached hydrogens (tertiary/aromatic N) is 4. The summed E-state index contributed by atoms with van der Waals surface area (Å²) in [5.41, 5.74) is 9.69. The van der Waals surface area contributed by atoms with Gasteiger partial charge in [0, 0.05) is 54.6 Å². The van der Waals surface area contributed by atoms with E-state index in [9.17, 15) is 28.0 Å². The minimum atomic E-state index is -4.56. The fourth-order valence-electron chi connectivity index (χ4n) is 5.06. The molecule has 1 aromatic carbocycles. The van der Waals surface area contributed by atoms with Gasteiger partial charge in [-0.1, -0.05) is 6.07 Å². The summed E-state index contributed by atoms with van der Waals surface area (Å²) in [4.78, 5) is 30.4. The summed E-state index contributed by atoms with van der Waals surface area (Å²) in [5.74, 6) is -3.57. The van der Waals surface area contributed by atoms with Crippen LogP contribution in [0.3, 0.4) is 0 Å². The van der Waals surface area contributed by atoms with Crippen LogP contribution in [0, 0.1) is 24.2 Å². The first-order valence-electron chi connectivity index (χ1n) is 11.6. The van der Waals surface area contributed by atoms with Crippen LogP contribution in [0.4, 0.5) is 13.2 Å². The Kier molecular flexibility index (Phi) is 6.52. The first-order valence-corrected chi connectivity index (χ1v) is 11.6. The van der Waals surface area contributed by atoms with Gasteiger partial charge in [-0.05, 0) is 55.9 Å². The number of hydrogen-bond donors (Lipinski definition) is 1. The van der Waals surface area contributed by atoms with E-state index in [1.807, 2.05) is 24.7 Å². The van der Waals surface area contributed by atoms with E-state index in [0.717, 1.165) is 23.4 Å². The summed E-state index contributed by atoms with van der Waals surface area (Å²) < 4.78 is 41.0. The van der Waals surface area contributed by atoms with Crippen LogP contribution in [-0.2, 0) is 11.8 Å². The Morgan fingerprint density at radius 1 is 1.25 bits per heavy atom. The molecule has 3 aromatic rings. The number of carbonyl (C=O) groups is 2. The van der Waals surface area contributed by atoms with Crippen LogP contribution < -0.4 is 5.73 Å². The summed E-state index contributed by atoms with van der Waals surface area (Å²) in [6, 6.07) is 6.92. The molecule has 0 spiro atoms. The van der Waals surface area contributed by atoms with Gasteiger partial charge in [0.1, 0.15) is 11.6 Å². The molecule has 0 bridgehead atoms. The van der Waals surface area contributed by atoms with Crippen LogP contribution in [0.25, 0.3) is 22.2 Å². The number of alkyl halides is 3. The van der Waals surface area contributed by atoms with Gasteiger partial charge in [-0.15, -0.1) is 0 Å². The maximum Gasteiger partial charge on any atom is 0.400 e. The fraction of sp³-hybridized carbons (Fsp3) is 0.385. The molecule has 1 aliphatic rings. The number of halogens is 3. The normalized spacial score (nSPS) is 15.6. The molecule has 36 heavy (non-hydrogen) atoms. The Bertz CT molecular complexity index is 1400. The molecule has 2 N–H and O–H groups in total. The van der Waals surface area contributed by atoms with E-state index in [1.54, 1.807) is 24.4 Å². The highest BCUT2D eigenvalue weighted by Crippen LogP contribution is 2.40. The van der Waals surface area contributed by atoms with Crippen molar-refractivity contribution in [1.29, 1.82) is 5.26 Å². The molecule has 7 nitrogen and oxygen atoms in total. The Balaban J connectivity index is 1.73. The second kappa shape index (κ2) is 9.30. The zero-order valence-electron chi connectivity index (χ0n) is 20.2. The number of benzene rings is 1. The van der Waals surface area contributed by atoms with Crippen molar-refractivity contribution in [2.45, 2.75) is 38.8 Å². The number of hydrogen-bond acceptors (Lipinski definition) is 4. The molecule has 0 unspecified atom stereocenters. The maximum atomic E-state index is 13.0. The molecule has 1 atom stereocenters. The number of aryl methyl sites for hydroxylation is 2. The van der Waals surface area contributed by atoms with E-state index in [2.05, 4.69) is 11.1 Å². The SMILES string of the molecule is Cc1c(-c2c(C#N)cccc2C(N)=O)cnc2c1c(C1CCN(C(=O)[C@@H](C)C(F)(F)F)CC1)cn2C. The zero-order chi connectivity index (χ0) is 26.4. The summed E-state index contributed by atoms with van der Waals surface area (Å²) in [6.07, 6.45) is 0.0526. The van der Waals surface area contributed by atoms with Gasteiger partial charge < -0.3 is 15.2 Å². The highest BCUT2D eigenvalue weighted by atomic mass is 19.4. The molecule has 188 valence electrons. The molecule has 1 aliphatic heterocycles. The van der Waals surface area contributed by atoms with Crippen molar-refractivity contribution in [3.8, 4) is 17.2 Å². The molecule has 0 radical (unpaired) electrons. The van der Waals surface area contributed by atoms with Gasteiger partial charge in [-0.2, -0.15) is 18.4 Å². The van der Waals surface area contributed by atoms with Gasteiger partial charge in [0.2, 0.25) is 11.8 Å². The molecule has 2 aromatic heterocycles. The number of carbonyl (C=O) groups excluding carboxylic acids is 2. The van der Waals surface area contributed by atoms with E-state index < -0.39 is 23.9 Å². The Morgan fingerprint density at radius 2 is 1.92 bits per heavy atom. The van der Waals surface area contributed by atoms with Crippen LogP contribution in [0.1, 0.15) is 52.7 Å². The van der Waals surface area contributed by atoms with Crippen molar-refractivity contribution in [2.75, 3.05) is 13.1 Å². The van der Waals surface area contributed by atoms with Gasteiger partial charge >= 0.3 is 6.18 Å². The van der Waals surface area contributed by atoms with Gasteiger partial charge in [-0.3, -0.25) is 9.59 Å². The predicted octanol–water partition coefficient (Wildman–Crippen LogP) is 4.42. The third kappa shape index (κ3) is 4.30. The summed E-state index contributed by atoms with van der Waals surface area (Å²) in [5, 5.41) is 10.5. The largest absolute Gasteiger partial charge is 0.400 e. The van der Waals surface area contributed by atoms with E-state index in [0.29, 0.717) is 35.2 Å². The van der Waals surface area contributed by atoms with Crippen molar-refractivity contribution in [1.82, 2.24) is 14.5 Å². The smallest absolute Gasteiger partial charge is 0.366 e. The number of fused-ring (bicyclic) bond motifs is 1. The minimum Gasteiger partial charge on any atom is -0.366 e. The van der Waals surface area contributed by atoms with E-state index in [4.69, 9.17) is 5.73 Å². The predicted molar refractivity (Wildman–Crippen MR) is 128 cm³/mol. The number of amides is 2. The first-order chi connectivity index (χ1) is 17.0. The van der Waals surface area contributed by atoms with Crippen LogP contribution in [-0.4, -0.2) is 45.5 Å². The Morgan fingerprint density at radius 3 is 2.50 bits per heavy atom. The summed E-state index contributed by atoms with van der Waals surface area (Å²) >= 11 is 0. The Labute approximate surface area is 206 Å². The number of likely N-dealkylation sites (tertiary alicyclic amines) is 1. The van der Waals surface area contributed by atoms with E-state index >= 15 is 0 Å². The van der Waals surface area contributed by atoms with Crippen molar-refractivity contribution in [3.05, 3.63) is 52.8 Å². The maximum absolute atomic E-state index is 13.0. The van der Waals surface area contributed by atoms with Crippen molar-refractivity contribution < 1.29 is 22.8 Å². The number of nitrogens with two attached hydrogens (primary N) is 1. The van der Waals surface area contributed by atoms with Crippen LogP contribution >= 0.6 is 0 Å². The van der Waals surface area contributed by atoms with Crippen molar-refractivity contribution in [3.63, 3.8) is 0 Å². The third-order valence-corrected chi connectivity index (χ3v) is 7.10. The molecule has 1 saturated heterocycles. The molecule has 2 amide bonds. The molecular weight excluding hydrogens is 471 g/mol. The van der Waals surface area contributed by atoms with E-state index in [-0.39, 0.29) is 24.6 Å². The van der Waals surface area contributed by atoms with Gasteiger partial charge in [-0.25, -0.2) is 4.98 Å². The molecule has 10 heteroatoms. The third-order valence-electron chi connectivity index (χ3n) is 7.10. The number of nitriles is 1. The molecule has 1 fully saturated rings. The van der Waals surface area contributed by atoms with E-state index in [1.165, 1.54) is 4.90 Å². The summed E-state index contributed by atoms with van der Waals surface area (Å²) in [7, 11) is 1.86. The van der Waals surface area contributed by atoms with Crippen molar-refractivity contribution in [2.24, 2.45) is 18.7 Å². The van der Waals surface area contributed by atoms with Crippen LogP contribution in [0.15, 0.2) is 30.6 Å². The lowest BCUT2D eigenvalue weighted by Gasteiger charge is -2.34. The molecule has 4 rings (SSSR count). The lowest BCUT2D eigenvalue weighted by atomic mass is 9.86. The molecular formula is C26H26F3N5O2. The summed E-state index contributed by atoms with van der Waals surface area (Å²) in [6.45, 7) is 3.26. The second-order valence-corrected chi connectivity index (χ2v) is 9.26. The van der Waals surface area contributed by atoms with Gasteiger partial charge in [0.15, 0.2) is 0 Å². The lowest BCUT2D eigenvalue weighted by molar-refractivity contribution is -0.186. The number of aromatic nitrogens is 2. The number of rotatable bonds is 4. The van der Waals surface area contributed by atoms with Crippen LogP contribution in [0.2, 0.25) is 0 Å². The monoisotopic (exact) mass is 497 g/mol. The zero-order valence-corrected chi connectivity index (χ0v) is 20.2. The average Bonchev–Trinajstić information content (AvgIpc) is 3.19.